The van der Waals surface area contributed by atoms with Gasteiger partial charge in [-0.25, -0.2) is 4.39 Å². The summed E-state index contributed by atoms with van der Waals surface area (Å²) in [6, 6.07) is 6.75. The van der Waals surface area contributed by atoms with E-state index in [0.717, 1.165) is 31.6 Å². The van der Waals surface area contributed by atoms with E-state index in [9.17, 15) is 9.18 Å². The Morgan fingerprint density at radius 2 is 2.11 bits per heavy atom. The molecule has 1 heterocycles. The summed E-state index contributed by atoms with van der Waals surface area (Å²) in [5.74, 6) is 0.746. The summed E-state index contributed by atoms with van der Waals surface area (Å²) in [6.07, 6.45) is 4.14. The number of nitrogens with zero attached hydrogens (tertiary/aromatic N) is 1. The monoisotopic (exact) mass is 263 g/mol. The van der Waals surface area contributed by atoms with Crippen LogP contribution in [0.2, 0.25) is 0 Å². The van der Waals surface area contributed by atoms with Crippen LogP contribution in [0.25, 0.3) is 0 Å². The van der Waals surface area contributed by atoms with Crippen molar-refractivity contribution >= 4 is 5.78 Å². The molecule has 19 heavy (non-hydrogen) atoms. The van der Waals surface area contributed by atoms with Crippen LogP contribution >= 0.6 is 0 Å². The second kappa shape index (κ2) is 6.80. The first-order chi connectivity index (χ1) is 9.13. The second-order valence-corrected chi connectivity index (χ2v) is 5.61. The second-order valence-electron chi connectivity index (χ2n) is 5.61. The fourth-order valence-electron chi connectivity index (χ4n) is 2.79. The normalized spacial score (nSPS) is 20.4. The van der Waals surface area contributed by atoms with Crippen molar-refractivity contribution in [2.45, 2.75) is 39.2 Å². The first-order valence-electron chi connectivity index (χ1n) is 7.10. The van der Waals surface area contributed by atoms with Crippen molar-refractivity contribution in [3.63, 3.8) is 0 Å². The SMILES string of the molecule is CC(=O)CCC1CCCN(Cc2ccc(F)cc2)C1. The molecular formula is C16H22FNO. The standard InChI is InChI=1S/C16H22FNO/c1-13(19)4-5-14-3-2-10-18(11-14)12-15-6-8-16(17)9-7-15/h6-9,14H,2-5,10-12H2,1H3. The van der Waals surface area contributed by atoms with Crippen LogP contribution in [0.4, 0.5) is 4.39 Å². The van der Waals surface area contributed by atoms with Gasteiger partial charge in [0.2, 0.25) is 0 Å². The molecule has 1 fully saturated rings. The van der Waals surface area contributed by atoms with E-state index in [0.29, 0.717) is 12.3 Å². The quantitative estimate of drug-likeness (QED) is 0.811. The number of likely N-dealkylation sites (tertiary alicyclic amines) is 1. The molecule has 0 radical (unpaired) electrons. The Morgan fingerprint density at radius 1 is 1.37 bits per heavy atom. The number of ketones is 1. The zero-order chi connectivity index (χ0) is 13.7. The van der Waals surface area contributed by atoms with Crippen LogP contribution in [0.15, 0.2) is 24.3 Å². The molecule has 1 aromatic carbocycles. The molecule has 0 N–H and O–H groups in total. The lowest BCUT2D eigenvalue weighted by molar-refractivity contribution is -0.117. The summed E-state index contributed by atoms with van der Waals surface area (Å²) < 4.78 is 12.9. The fraction of sp³-hybridized carbons (Fsp3) is 0.562. The van der Waals surface area contributed by atoms with Gasteiger partial charge in [0.15, 0.2) is 0 Å². The van der Waals surface area contributed by atoms with Crippen LogP contribution in [0.3, 0.4) is 0 Å². The lowest BCUT2D eigenvalue weighted by Crippen LogP contribution is -2.35. The Labute approximate surface area is 114 Å². The third-order valence-corrected chi connectivity index (χ3v) is 3.83. The van der Waals surface area contributed by atoms with E-state index >= 15 is 0 Å². The molecule has 2 rings (SSSR count). The smallest absolute Gasteiger partial charge is 0.129 e. The number of hydrogen-bond donors (Lipinski definition) is 0. The molecule has 0 bridgehead atoms. The molecule has 1 atom stereocenters. The zero-order valence-electron chi connectivity index (χ0n) is 11.6. The number of hydrogen-bond acceptors (Lipinski definition) is 2. The molecular weight excluding hydrogens is 241 g/mol. The lowest BCUT2D eigenvalue weighted by Gasteiger charge is -2.32. The van der Waals surface area contributed by atoms with E-state index in [2.05, 4.69) is 4.90 Å². The maximum atomic E-state index is 12.9. The predicted octanol–water partition coefficient (Wildman–Crippen LogP) is 3.41. The van der Waals surface area contributed by atoms with Crippen LogP contribution in [0, 0.1) is 11.7 Å². The third-order valence-electron chi connectivity index (χ3n) is 3.83. The Hall–Kier alpha value is -1.22. The molecule has 0 amide bonds. The summed E-state index contributed by atoms with van der Waals surface area (Å²) in [5.41, 5.74) is 1.16. The summed E-state index contributed by atoms with van der Waals surface area (Å²) in [5, 5.41) is 0. The van der Waals surface area contributed by atoms with Crippen molar-refractivity contribution < 1.29 is 9.18 Å². The molecule has 104 valence electrons. The largest absolute Gasteiger partial charge is 0.300 e. The lowest BCUT2D eigenvalue weighted by atomic mass is 9.92. The number of rotatable bonds is 5. The summed E-state index contributed by atoms with van der Waals surface area (Å²) in [4.78, 5) is 13.5. The van der Waals surface area contributed by atoms with Gasteiger partial charge in [-0.3, -0.25) is 4.90 Å². The Morgan fingerprint density at radius 3 is 2.79 bits per heavy atom. The Kier molecular flexibility index (Phi) is 5.08. The van der Waals surface area contributed by atoms with Crippen LogP contribution in [0.1, 0.15) is 38.2 Å². The Bertz CT molecular complexity index is 415. The van der Waals surface area contributed by atoms with E-state index in [-0.39, 0.29) is 11.6 Å². The van der Waals surface area contributed by atoms with Gasteiger partial charge in [0.05, 0.1) is 0 Å². The van der Waals surface area contributed by atoms with E-state index in [4.69, 9.17) is 0 Å². The van der Waals surface area contributed by atoms with Gasteiger partial charge in [-0.05, 0) is 56.3 Å². The van der Waals surface area contributed by atoms with Crippen molar-refractivity contribution in [1.82, 2.24) is 4.90 Å². The molecule has 1 aliphatic heterocycles. The van der Waals surface area contributed by atoms with Gasteiger partial charge in [-0.15, -0.1) is 0 Å². The molecule has 0 spiro atoms. The first kappa shape index (κ1) is 14.2. The van der Waals surface area contributed by atoms with Crippen molar-refractivity contribution in [3.8, 4) is 0 Å². The minimum atomic E-state index is -0.179. The van der Waals surface area contributed by atoms with Crippen LogP contribution in [-0.4, -0.2) is 23.8 Å². The number of benzene rings is 1. The topological polar surface area (TPSA) is 20.3 Å². The van der Waals surface area contributed by atoms with Gasteiger partial charge < -0.3 is 4.79 Å². The highest BCUT2D eigenvalue weighted by Gasteiger charge is 2.20. The minimum absolute atomic E-state index is 0.179. The van der Waals surface area contributed by atoms with Crippen LogP contribution in [0.5, 0.6) is 0 Å². The van der Waals surface area contributed by atoms with E-state index < -0.39 is 0 Å². The number of halogens is 1. The molecule has 3 heteroatoms. The average Bonchev–Trinajstić information content (AvgIpc) is 2.40. The van der Waals surface area contributed by atoms with Crippen LogP contribution in [-0.2, 0) is 11.3 Å². The number of Topliss-reactive ketones (excluding diaryl/α,β-unsaturated/α-hetero) is 1. The molecule has 1 unspecified atom stereocenters. The summed E-state index contributed by atoms with van der Waals surface area (Å²) in [7, 11) is 0. The number of piperidine rings is 1. The zero-order valence-corrected chi connectivity index (χ0v) is 11.6. The predicted molar refractivity (Wildman–Crippen MR) is 74.3 cm³/mol. The summed E-state index contributed by atoms with van der Waals surface area (Å²) in [6.45, 7) is 4.72. The minimum Gasteiger partial charge on any atom is -0.300 e. The van der Waals surface area contributed by atoms with Gasteiger partial charge >= 0.3 is 0 Å². The van der Waals surface area contributed by atoms with E-state index in [1.165, 1.54) is 25.0 Å². The van der Waals surface area contributed by atoms with Crippen molar-refractivity contribution in [3.05, 3.63) is 35.6 Å². The van der Waals surface area contributed by atoms with Gasteiger partial charge in [0.1, 0.15) is 11.6 Å². The molecule has 1 saturated heterocycles. The molecule has 2 nitrogen and oxygen atoms in total. The number of carbonyl (C=O) groups is 1. The molecule has 1 aromatic rings. The Balaban J connectivity index is 1.83. The van der Waals surface area contributed by atoms with Crippen molar-refractivity contribution in [2.75, 3.05) is 13.1 Å². The van der Waals surface area contributed by atoms with Gasteiger partial charge in [-0.2, -0.15) is 0 Å². The van der Waals surface area contributed by atoms with Gasteiger partial charge in [0, 0.05) is 19.5 Å². The first-order valence-corrected chi connectivity index (χ1v) is 7.10. The molecule has 0 saturated carbocycles. The van der Waals surface area contributed by atoms with E-state index in [1.807, 2.05) is 12.1 Å². The molecule has 0 aromatic heterocycles. The highest BCUT2D eigenvalue weighted by molar-refractivity contribution is 5.75. The maximum Gasteiger partial charge on any atom is 0.129 e. The summed E-state index contributed by atoms with van der Waals surface area (Å²) >= 11 is 0. The van der Waals surface area contributed by atoms with Crippen molar-refractivity contribution in [2.24, 2.45) is 5.92 Å². The molecule has 1 aliphatic rings. The average molecular weight is 263 g/mol. The van der Waals surface area contributed by atoms with Crippen molar-refractivity contribution in [1.29, 1.82) is 0 Å². The maximum absolute atomic E-state index is 12.9. The van der Waals surface area contributed by atoms with Crippen LogP contribution < -0.4 is 0 Å². The van der Waals surface area contributed by atoms with Gasteiger partial charge in [-0.1, -0.05) is 12.1 Å². The fourth-order valence-corrected chi connectivity index (χ4v) is 2.79. The van der Waals surface area contributed by atoms with Gasteiger partial charge in [0.25, 0.3) is 0 Å². The number of carbonyl (C=O) groups excluding carboxylic acids is 1. The highest BCUT2D eigenvalue weighted by atomic mass is 19.1. The highest BCUT2D eigenvalue weighted by Crippen LogP contribution is 2.22. The van der Waals surface area contributed by atoms with E-state index in [1.54, 1.807) is 6.92 Å². The third kappa shape index (κ3) is 4.75. The molecule has 0 aliphatic carbocycles.